The van der Waals surface area contributed by atoms with Gasteiger partial charge in [-0.15, -0.1) is 0 Å². The fraction of sp³-hybridized carbons (Fsp3) is 0.455. The highest BCUT2D eigenvalue weighted by Gasteiger charge is 2.50. The Balaban J connectivity index is 1.32. The van der Waals surface area contributed by atoms with Crippen LogP contribution in [0.2, 0.25) is 0 Å². The Labute approximate surface area is 192 Å². The van der Waals surface area contributed by atoms with E-state index < -0.39 is 11.9 Å². The summed E-state index contributed by atoms with van der Waals surface area (Å²) in [5.41, 5.74) is 0.341. The first-order valence-corrected chi connectivity index (χ1v) is 10.7. The lowest BCUT2D eigenvalue weighted by atomic mass is 9.90. The second kappa shape index (κ2) is 8.20. The van der Waals surface area contributed by atoms with E-state index in [2.05, 4.69) is 15.2 Å². The molecule has 34 heavy (non-hydrogen) atoms. The molecule has 5 heterocycles. The van der Waals surface area contributed by atoms with Crippen LogP contribution in [0.25, 0.3) is 11.3 Å². The van der Waals surface area contributed by atoms with E-state index in [0.717, 1.165) is 18.7 Å². The first-order valence-electron chi connectivity index (χ1n) is 10.7. The largest absolute Gasteiger partial charge is 0.433 e. The van der Waals surface area contributed by atoms with Crippen LogP contribution in [0.1, 0.15) is 23.4 Å². The molecule has 2 aliphatic heterocycles. The van der Waals surface area contributed by atoms with Gasteiger partial charge < -0.3 is 18.9 Å². The van der Waals surface area contributed by atoms with Crippen molar-refractivity contribution in [3.8, 4) is 11.3 Å². The van der Waals surface area contributed by atoms with Crippen LogP contribution in [-0.2, 0) is 22.2 Å². The Morgan fingerprint density at radius 1 is 1.26 bits per heavy atom. The number of hydrogen-bond acceptors (Lipinski definition) is 8. The van der Waals surface area contributed by atoms with Gasteiger partial charge in [0, 0.05) is 50.0 Å². The van der Waals surface area contributed by atoms with E-state index in [9.17, 15) is 18.0 Å². The molecule has 0 bridgehead atoms. The molecule has 2 fully saturated rings. The van der Waals surface area contributed by atoms with Gasteiger partial charge in [0.2, 0.25) is 0 Å². The average molecular weight is 477 g/mol. The molecule has 0 radical (unpaired) electrons. The Hall–Kier alpha value is -3.25. The molecule has 0 unspecified atom stereocenters. The standard InChI is InChI=1S/C22H22F3N5O4/c1-13-17(20(28-34-13)14-3-4-18(26-7-14)22(23,24)25)9-30-19(31)5-15(8-27-30)29-11-21(12-29)6-16(32-2)10-33-21/h3-5,7-8,16H,6,9-12H2,1-2H3/t16-/m1/s1. The van der Waals surface area contributed by atoms with Gasteiger partial charge in [-0.25, -0.2) is 4.68 Å². The zero-order chi connectivity index (χ0) is 24.1. The summed E-state index contributed by atoms with van der Waals surface area (Å²) < 4.78 is 56.2. The van der Waals surface area contributed by atoms with Gasteiger partial charge in [0.1, 0.15) is 22.7 Å². The lowest BCUT2D eigenvalue weighted by Gasteiger charge is -2.48. The summed E-state index contributed by atoms with van der Waals surface area (Å²) >= 11 is 0. The Kier molecular flexibility index (Phi) is 5.44. The van der Waals surface area contributed by atoms with Crippen molar-refractivity contribution in [2.75, 3.05) is 31.7 Å². The second-order valence-corrected chi connectivity index (χ2v) is 8.62. The smallest absolute Gasteiger partial charge is 0.379 e. The summed E-state index contributed by atoms with van der Waals surface area (Å²) in [6.45, 7) is 3.60. The van der Waals surface area contributed by atoms with Gasteiger partial charge in [0.15, 0.2) is 0 Å². The van der Waals surface area contributed by atoms with Gasteiger partial charge in [-0.3, -0.25) is 9.78 Å². The predicted molar refractivity (Wildman–Crippen MR) is 113 cm³/mol. The van der Waals surface area contributed by atoms with Crippen molar-refractivity contribution in [3.63, 3.8) is 0 Å². The van der Waals surface area contributed by atoms with Crippen molar-refractivity contribution in [1.29, 1.82) is 0 Å². The molecule has 0 amide bonds. The summed E-state index contributed by atoms with van der Waals surface area (Å²) in [6.07, 6.45) is -0.931. The van der Waals surface area contributed by atoms with Crippen molar-refractivity contribution in [3.05, 3.63) is 58.0 Å². The number of rotatable bonds is 5. The maximum atomic E-state index is 12.8. The van der Waals surface area contributed by atoms with Gasteiger partial charge in [-0.2, -0.15) is 18.3 Å². The van der Waals surface area contributed by atoms with E-state index in [1.165, 1.54) is 16.8 Å². The molecular formula is C22H22F3N5O4. The maximum Gasteiger partial charge on any atom is 0.433 e. The van der Waals surface area contributed by atoms with Gasteiger partial charge >= 0.3 is 6.18 Å². The topological polar surface area (TPSA) is 95.5 Å². The Morgan fingerprint density at radius 3 is 2.68 bits per heavy atom. The second-order valence-electron chi connectivity index (χ2n) is 8.62. The lowest BCUT2D eigenvalue weighted by molar-refractivity contribution is -0.141. The molecule has 0 N–H and O–H groups in total. The summed E-state index contributed by atoms with van der Waals surface area (Å²) in [6, 6.07) is 3.66. The summed E-state index contributed by atoms with van der Waals surface area (Å²) in [5.74, 6) is 0.434. The van der Waals surface area contributed by atoms with Gasteiger partial charge in [-0.05, 0) is 19.1 Å². The first-order chi connectivity index (χ1) is 16.2. The molecule has 0 saturated carbocycles. The number of hydrogen-bond donors (Lipinski definition) is 0. The average Bonchev–Trinajstić information content (AvgIpc) is 3.38. The third-order valence-electron chi connectivity index (χ3n) is 6.31. The van der Waals surface area contributed by atoms with Crippen LogP contribution in [0.3, 0.4) is 0 Å². The van der Waals surface area contributed by atoms with Crippen molar-refractivity contribution in [2.24, 2.45) is 0 Å². The minimum atomic E-state index is -4.54. The number of alkyl halides is 3. The summed E-state index contributed by atoms with van der Waals surface area (Å²) in [7, 11) is 1.67. The Morgan fingerprint density at radius 2 is 2.06 bits per heavy atom. The molecule has 0 aliphatic carbocycles. The molecule has 1 atom stereocenters. The van der Waals surface area contributed by atoms with E-state index >= 15 is 0 Å². The van der Waals surface area contributed by atoms with Gasteiger partial charge in [0.05, 0.1) is 31.1 Å². The first kappa shape index (κ1) is 22.5. The van der Waals surface area contributed by atoms with Gasteiger partial charge in [0.25, 0.3) is 5.56 Å². The van der Waals surface area contributed by atoms with Crippen molar-refractivity contribution in [2.45, 2.75) is 37.8 Å². The molecule has 9 nitrogen and oxygen atoms in total. The number of aryl methyl sites for hydroxylation is 1. The summed E-state index contributed by atoms with van der Waals surface area (Å²) in [4.78, 5) is 18.3. The molecule has 5 rings (SSSR count). The highest BCUT2D eigenvalue weighted by molar-refractivity contribution is 5.62. The monoisotopic (exact) mass is 477 g/mol. The molecule has 12 heteroatoms. The van der Waals surface area contributed by atoms with Crippen LogP contribution in [0.5, 0.6) is 0 Å². The zero-order valence-corrected chi connectivity index (χ0v) is 18.5. The lowest BCUT2D eigenvalue weighted by Crippen LogP contribution is -2.62. The van der Waals surface area contributed by atoms with Crippen molar-refractivity contribution in [1.82, 2.24) is 19.9 Å². The molecule has 2 aliphatic rings. The number of methoxy groups -OCH3 is 1. The number of pyridine rings is 1. The van der Waals surface area contributed by atoms with E-state index in [1.54, 1.807) is 20.2 Å². The predicted octanol–water partition coefficient (Wildman–Crippen LogP) is 2.66. The third-order valence-corrected chi connectivity index (χ3v) is 6.31. The highest BCUT2D eigenvalue weighted by Crippen LogP contribution is 2.38. The Bertz CT molecular complexity index is 1250. The molecule has 3 aromatic rings. The molecule has 0 aromatic carbocycles. The normalized spacial score (nSPS) is 19.6. The number of nitrogens with zero attached hydrogens (tertiary/aromatic N) is 5. The highest BCUT2D eigenvalue weighted by atomic mass is 19.4. The van der Waals surface area contributed by atoms with Crippen LogP contribution in [-0.4, -0.2) is 58.4 Å². The van der Waals surface area contributed by atoms with Crippen LogP contribution >= 0.6 is 0 Å². The van der Waals surface area contributed by atoms with Crippen LogP contribution in [0.15, 0.2) is 39.9 Å². The zero-order valence-electron chi connectivity index (χ0n) is 18.5. The van der Waals surface area contributed by atoms with Crippen LogP contribution in [0.4, 0.5) is 18.9 Å². The van der Waals surface area contributed by atoms with E-state index in [1.807, 2.05) is 4.90 Å². The number of aromatic nitrogens is 4. The SMILES string of the molecule is CO[C@H]1COC2(C1)CN(c1cnn(Cc3c(-c4ccc(C(F)(F)F)nc4)noc3C)c(=O)c1)C2. The summed E-state index contributed by atoms with van der Waals surface area (Å²) in [5, 5.41) is 8.24. The van der Waals surface area contributed by atoms with Gasteiger partial charge in [-0.1, -0.05) is 5.16 Å². The van der Waals surface area contributed by atoms with Crippen LogP contribution in [0, 0.1) is 6.92 Å². The van der Waals surface area contributed by atoms with Crippen molar-refractivity contribution < 1.29 is 27.2 Å². The molecule has 2 saturated heterocycles. The quantitative estimate of drug-likeness (QED) is 0.554. The van der Waals surface area contributed by atoms with E-state index in [-0.39, 0.29) is 23.8 Å². The fourth-order valence-corrected chi connectivity index (χ4v) is 4.38. The molecule has 3 aromatic heterocycles. The number of anilines is 1. The van der Waals surface area contributed by atoms with E-state index in [0.29, 0.717) is 48.0 Å². The maximum absolute atomic E-state index is 12.8. The van der Waals surface area contributed by atoms with E-state index in [4.69, 9.17) is 14.0 Å². The van der Waals surface area contributed by atoms with Crippen LogP contribution < -0.4 is 10.5 Å². The minimum absolute atomic E-state index is 0.0490. The fourth-order valence-electron chi connectivity index (χ4n) is 4.38. The third kappa shape index (κ3) is 4.07. The van der Waals surface area contributed by atoms with Crippen molar-refractivity contribution >= 4 is 5.69 Å². The number of halogens is 3. The number of ether oxygens (including phenoxy) is 2. The minimum Gasteiger partial charge on any atom is -0.379 e. The molecule has 180 valence electrons. The molecular weight excluding hydrogens is 455 g/mol. The molecule has 1 spiro atoms.